The van der Waals surface area contributed by atoms with E-state index in [-0.39, 0.29) is 12.3 Å². The monoisotopic (exact) mass is 249 g/mol. The van der Waals surface area contributed by atoms with Gasteiger partial charge in [0.25, 0.3) is 0 Å². The Hall–Kier alpha value is -0.500. The van der Waals surface area contributed by atoms with Gasteiger partial charge in [0, 0.05) is 24.9 Å². The number of nitrogens with one attached hydrogen (secondary N) is 1. The minimum Gasteiger partial charge on any atom is -0.329 e. The van der Waals surface area contributed by atoms with Crippen LogP contribution in [-0.2, 0) is 16.4 Å². The van der Waals surface area contributed by atoms with Gasteiger partial charge in [0.05, 0.1) is 16.5 Å². The quantitative estimate of drug-likeness (QED) is 0.735. The molecule has 0 aromatic carbocycles. The lowest BCUT2D eigenvalue weighted by molar-refractivity contribution is 0.581. The van der Waals surface area contributed by atoms with Crippen LogP contribution >= 0.6 is 11.3 Å². The molecule has 0 spiro atoms. The zero-order chi connectivity index (χ0) is 11.3. The second kappa shape index (κ2) is 5.55. The lowest BCUT2D eigenvalue weighted by atomic mass is 10.3. The number of thiazole rings is 1. The Morgan fingerprint density at radius 1 is 1.60 bits per heavy atom. The molecular formula is C8H15N3O2S2. The second-order valence-electron chi connectivity index (χ2n) is 3.11. The molecule has 0 bridgehead atoms. The van der Waals surface area contributed by atoms with Crippen molar-refractivity contribution in [3.63, 3.8) is 0 Å². The highest BCUT2D eigenvalue weighted by Crippen LogP contribution is 2.07. The maximum atomic E-state index is 11.2. The third kappa shape index (κ3) is 4.70. The van der Waals surface area contributed by atoms with Crippen molar-refractivity contribution in [1.29, 1.82) is 0 Å². The summed E-state index contributed by atoms with van der Waals surface area (Å²) in [4.78, 5) is 4.24. The number of aromatic nitrogens is 1. The molecule has 0 amide bonds. The fourth-order valence-electron chi connectivity index (χ4n) is 1.08. The van der Waals surface area contributed by atoms with Gasteiger partial charge in [-0.1, -0.05) is 0 Å². The molecule has 0 unspecified atom stereocenters. The molecule has 3 N–H and O–H groups in total. The molecular weight excluding hydrogens is 234 g/mol. The van der Waals surface area contributed by atoms with Crippen LogP contribution in [0, 0.1) is 6.92 Å². The lowest BCUT2D eigenvalue weighted by Crippen LogP contribution is -2.31. The van der Waals surface area contributed by atoms with Crippen LogP contribution in [0.5, 0.6) is 0 Å². The third-order valence-electron chi connectivity index (χ3n) is 1.76. The molecule has 86 valence electrons. The first-order valence-electron chi connectivity index (χ1n) is 4.62. The van der Waals surface area contributed by atoms with Crippen molar-refractivity contribution in [3.8, 4) is 0 Å². The summed E-state index contributed by atoms with van der Waals surface area (Å²) in [5, 5.41) is 2.93. The van der Waals surface area contributed by atoms with Crippen LogP contribution in [0.3, 0.4) is 0 Å². The van der Waals surface area contributed by atoms with Gasteiger partial charge in [-0.2, -0.15) is 0 Å². The number of hydrogen-bond acceptors (Lipinski definition) is 5. The largest absolute Gasteiger partial charge is 0.329 e. The number of rotatable bonds is 6. The Kier molecular flexibility index (Phi) is 4.65. The number of hydrogen-bond donors (Lipinski definition) is 2. The highest BCUT2D eigenvalue weighted by Gasteiger charge is 2.07. The van der Waals surface area contributed by atoms with Gasteiger partial charge in [0.1, 0.15) is 0 Å². The molecule has 1 aromatic rings. The highest BCUT2D eigenvalue weighted by molar-refractivity contribution is 7.89. The van der Waals surface area contributed by atoms with E-state index in [9.17, 15) is 8.42 Å². The summed E-state index contributed by atoms with van der Waals surface area (Å²) in [5.41, 5.74) is 6.10. The zero-order valence-electron chi connectivity index (χ0n) is 8.56. The third-order valence-corrected chi connectivity index (χ3v) is 4.00. The van der Waals surface area contributed by atoms with Crippen LogP contribution in [0.1, 0.15) is 10.7 Å². The summed E-state index contributed by atoms with van der Waals surface area (Å²) in [6.45, 7) is 2.45. The van der Waals surface area contributed by atoms with E-state index in [4.69, 9.17) is 5.73 Å². The normalized spacial score (nSPS) is 11.9. The number of nitrogens with two attached hydrogens (primary N) is 1. The van der Waals surface area contributed by atoms with Crippen molar-refractivity contribution >= 4 is 21.4 Å². The predicted octanol–water partition coefficient (Wildman–Crippen LogP) is -0.128. The van der Waals surface area contributed by atoms with Crippen LogP contribution in [0.4, 0.5) is 0 Å². The summed E-state index contributed by atoms with van der Waals surface area (Å²) in [5.74, 6) is -0.0247. The average molecular weight is 249 g/mol. The molecule has 0 aliphatic rings. The van der Waals surface area contributed by atoms with E-state index in [1.807, 2.05) is 12.3 Å². The van der Waals surface area contributed by atoms with E-state index in [0.717, 1.165) is 10.7 Å². The SMILES string of the molecule is Cc1nc(CCNS(=O)(=O)CCN)cs1. The van der Waals surface area contributed by atoms with E-state index in [1.165, 1.54) is 0 Å². The zero-order valence-corrected chi connectivity index (χ0v) is 10.2. The van der Waals surface area contributed by atoms with E-state index in [0.29, 0.717) is 13.0 Å². The molecule has 7 heteroatoms. The van der Waals surface area contributed by atoms with Gasteiger partial charge < -0.3 is 5.73 Å². The molecule has 0 aliphatic carbocycles. The fraction of sp³-hybridized carbons (Fsp3) is 0.625. The van der Waals surface area contributed by atoms with Gasteiger partial charge in [0.2, 0.25) is 10.0 Å². The number of sulfonamides is 1. The molecule has 0 saturated carbocycles. The Balaban J connectivity index is 2.33. The van der Waals surface area contributed by atoms with Crippen LogP contribution in [-0.4, -0.2) is 32.2 Å². The smallest absolute Gasteiger partial charge is 0.212 e. The van der Waals surface area contributed by atoms with Crippen molar-refractivity contribution in [2.45, 2.75) is 13.3 Å². The Morgan fingerprint density at radius 2 is 2.33 bits per heavy atom. The Morgan fingerprint density at radius 3 is 2.87 bits per heavy atom. The first-order valence-corrected chi connectivity index (χ1v) is 7.15. The van der Waals surface area contributed by atoms with Crippen molar-refractivity contribution in [2.75, 3.05) is 18.8 Å². The molecule has 1 aromatic heterocycles. The molecule has 0 atom stereocenters. The van der Waals surface area contributed by atoms with Gasteiger partial charge in [-0.15, -0.1) is 11.3 Å². The lowest BCUT2D eigenvalue weighted by Gasteiger charge is -2.03. The molecule has 15 heavy (non-hydrogen) atoms. The van der Waals surface area contributed by atoms with E-state index < -0.39 is 10.0 Å². The minimum absolute atomic E-state index is 0.0247. The average Bonchev–Trinajstić information content (AvgIpc) is 2.51. The number of nitrogens with zero attached hydrogens (tertiary/aromatic N) is 1. The van der Waals surface area contributed by atoms with Gasteiger partial charge in [-0.05, 0) is 6.92 Å². The van der Waals surface area contributed by atoms with Gasteiger partial charge in [0.15, 0.2) is 0 Å². The van der Waals surface area contributed by atoms with Crippen molar-refractivity contribution in [3.05, 3.63) is 16.1 Å². The van der Waals surface area contributed by atoms with Crippen LogP contribution in [0.15, 0.2) is 5.38 Å². The van der Waals surface area contributed by atoms with Crippen molar-refractivity contribution < 1.29 is 8.42 Å². The fourth-order valence-corrected chi connectivity index (χ4v) is 2.60. The first-order chi connectivity index (χ1) is 7.03. The van der Waals surface area contributed by atoms with Gasteiger partial charge in [-0.3, -0.25) is 0 Å². The number of aryl methyl sites for hydroxylation is 1. The summed E-state index contributed by atoms with van der Waals surface area (Å²) >= 11 is 1.56. The summed E-state index contributed by atoms with van der Waals surface area (Å²) in [7, 11) is -3.19. The van der Waals surface area contributed by atoms with Gasteiger partial charge >= 0.3 is 0 Å². The molecule has 0 fully saturated rings. The van der Waals surface area contributed by atoms with Crippen molar-refractivity contribution in [2.24, 2.45) is 5.73 Å². The van der Waals surface area contributed by atoms with Crippen LogP contribution in [0.2, 0.25) is 0 Å². The van der Waals surface area contributed by atoms with Crippen LogP contribution in [0.25, 0.3) is 0 Å². The highest BCUT2D eigenvalue weighted by atomic mass is 32.2. The molecule has 0 aliphatic heterocycles. The predicted molar refractivity (Wildman–Crippen MR) is 61.4 cm³/mol. The van der Waals surface area contributed by atoms with Crippen LogP contribution < -0.4 is 10.5 Å². The van der Waals surface area contributed by atoms with E-state index in [1.54, 1.807) is 11.3 Å². The second-order valence-corrected chi connectivity index (χ2v) is 6.10. The van der Waals surface area contributed by atoms with Crippen molar-refractivity contribution in [1.82, 2.24) is 9.71 Å². The first kappa shape index (κ1) is 12.6. The molecule has 5 nitrogen and oxygen atoms in total. The topological polar surface area (TPSA) is 85.1 Å². The molecule has 0 radical (unpaired) electrons. The maximum Gasteiger partial charge on any atom is 0.212 e. The Bertz CT molecular complexity index is 400. The molecule has 1 rings (SSSR count). The summed E-state index contributed by atoms with van der Waals surface area (Å²) in [6.07, 6.45) is 0.619. The molecule has 0 saturated heterocycles. The Labute approximate surface area is 93.8 Å². The molecule has 1 heterocycles. The summed E-state index contributed by atoms with van der Waals surface area (Å²) in [6, 6.07) is 0. The maximum absolute atomic E-state index is 11.2. The standard InChI is InChI=1S/C8H15N3O2S2/c1-7-11-8(6-14-7)2-4-10-15(12,13)5-3-9/h6,10H,2-5,9H2,1H3. The van der Waals surface area contributed by atoms with E-state index >= 15 is 0 Å². The minimum atomic E-state index is -3.19. The van der Waals surface area contributed by atoms with Gasteiger partial charge in [-0.25, -0.2) is 18.1 Å². The van der Waals surface area contributed by atoms with E-state index in [2.05, 4.69) is 9.71 Å². The summed E-state index contributed by atoms with van der Waals surface area (Å²) < 4.78 is 24.9.